The number of carbonyl (C=O) groups is 1. The first-order valence-corrected chi connectivity index (χ1v) is 6.28. The van der Waals surface area contributed by atoms with Gasteiger partial charge in [0.25, 0.3) is 0 Å². The van der Waals surface area contributed by atoms with Crippen LogP contribution in [0.15, 0.2) is 17.6 Å². The van der Waals surface area contributed by atoms with E-state index in [4.69, 9.17) is 10.5 Å². The summed E-state index contributed by atoms with van der Waals surface area (Å²) in [5, 5.41) is 2.63. The van der Waals surface area contributed by atoms with Crippen LogP contribution in [0.5, 0.6) is 0 Å². The van der Waals surface area contributed by atoms with Gasteiger partial charge >= 0.3 is 5.97 Å². The Morgan fingerprint density at radius 2 is 2.44 bits per heavy atom. The second-order valence-electron chi connectivity index (χ2n) is 3.12. The molecule has 2 heterocycles. The van der Waals surface area contributed by atoms with Crippen LogP contribution in [0.3, 0.4) is 0 Å². The summed E-state index contributed by atoms with van der Waals surface area (Å²) >= 11 is 2.80. The highest BCUT2D eigenvalue weighted by Crippen LogP contribution is 2.24. The molecular weight excluding hydrogens is 244 g/mol. The molecule has 2 aromatic rings. The number of hydrogen-bond acceptors (Lipinski definition) is 6. The Balaban J connectivity index is 1.98. The lowest BCUT2D eigenvalue weighted by molar-refractivity contribution is 0.0478. The van der Waals surface area contributed by atoms with E-state index in [0.717, 1.165) is 9.88 Å². The molecule has 0 atom stereocenters. The summed E-state index contributed by atoms with van der Waals surface area (Å²) in [5.74, 6) is -0.347. The number of hydrogen-bond donors (Lipinski definition) is 1. The van der Waals surface area contributed by atoms with E-state index >= 15 is 0 Å². The number of anilines is 1. The summed E-state index contributed by atoms with van der Waals surface area (Å²) in [5.41, 5.74) is 6.29. The monoisotopic (exact) mass is 254 g/mol. The van der Waals surface area contributed by atoms with Gasteiger partial charge < -0.3 is 10.5 Å². The number of nitrogens with zero attached hydrogens (tertiary/aromatic N) is 1. The molecule has 2 rings (SSSR count). The molecule has 0 radical (unpaired) electrons. The molecule has 0 saturated heterocycles. The first-order valence-electron chi connectivity index (χ1n) is 4.58. The minimum atomic E-state index is -0.347. The van der Waals surface area contributed by atoms with Crippen molar-refractivity contribution in [3.05, 3.63) is 32.4 Å². The summed E-state index contributed by atoms with van der Waals surface area (Å²) in [6.07, 6.45) is 1.68. The Labute approximate surface area is 101 Å². The minimum absolute atomic E-state index is 0.216. The third-order valence-corrected chi connectivity index (χ3v) is 3.77. The van der Waals surface area contributed by atoms with Gasteiger partial charge in [0.1, 0.15) is 16.5 Å². The van der Waals surface area contributed by atoms with E-state index < -0.39 is 0 Å². The van der Waals surface area contributed by atoms with Gasteiger partial charge in [-0.3, -0.25) is 0 Å². The van der Waals surface area contributed by atoms with E-state index in [1.54, 1.807) is 12.3 Å². The van der Waals surface area contributed by atoms with Crippen molar-refractivity contribution in [2.45, 2.75) is 13.5 Å². The number of thiazole rings is 1. The number of aryl methyl sites for hydroxylation is 1. The molecule has 84 valence electrons. The van der Waals surface area contributed by atoms with E-state index in [9.17, 15) is 4.79 Å². The summed E-state index contributed by atoms with van der Waals surface area (Å²) in [6, 6.07) is 1.64. The van der Waals surface area contributed by atoms with Crippen molar-refractivity contribution in [3.8, 4) is 0 Å². The second kappa shape index (κ2) is 4.63. The van der Waals surface area contributed by atoms with Gasteiger partial charge in [-0.15, -0.1) is 22.7 Å². The van der Waals surface area contributed by atoms with Crippen LogP contribution >= 0.6 is 22.7 Å². The maximum absolute atomic E-state index is 11.6. The van der Waals surface area contributed by atoms with Gasteiger partial charge in [-0.05, 0) is 13.0 Å². The number of nitrogens with two attached hydrogens (primary N) is 1. The van der Waals surface area contributed by atoms with E-state index in [1.165, 1.54) is 22.7 Å². The molecule has 0 aliphatic rings. The van der Waals surface area contributed by atoms with Crippen molar-refractivity contribution < 1.29 is 9.53 Å². The van der Waals surface area contributed by atoms with Gasteiger partial charge in [-0.25, -0.2) is 9.78 Å². The first-order chi connectivity index (χ1) is 7.66. The lowest BCUT2D eigenvalue weighted by atomic mass is 10.4. The largest absolute Gasteiger partial charge is 0.454 e. The molecule has 4 nitrogen and oxygen atoms in total. The van der Waals surface area contributed by atoms with Crippen molar-refractivity contribution in [1.29, 1.82) is 0 Å². The molecule has 6 heteroatoms. The van der Waals surface area contributed by atoms with Crippen LogP contribution in [0.4, 0.5) is 5.69 Å². The summed E-state index contributed by atoms with van der Waals surface area (Å²) in [7, 11) is 0. The van der Waals surface area contributed by atoms with Crippen molar-refractivity contribution in [3.63, 3.8) is 0 Å². The van der Waals surface area contributed by atoms with E-state index in [0.29, 0.717) is 10.6 Å². The lowest BCUT2D eigenvalue weighted by Gasteiger charge is -1.99. The number of ether oxygens (including phenoxy) is 1. The minimum Gasteiger partial charge on any atom is -0.454 e. The SMILES string of the molecule is Cc1sc(C(=O)OCc2nccs2)cc1N. The molecule has 2 N–H and O–H groups in total. The second-order valence-corrected chi connectivity index (χ2v) is 5.36. The highest BCUT2D eigenvalue weighted by Gasteiger charge is 2.12. The zero-order valence-electron chi connectivity index (χ0n) is 8.60. The Morgan fingerprint density at radius 1 is 1.62 bits per heavy atom. The Bertz CT molecular complexity index is 471. The molecule has 0 bridgehead atoms. The van der Waals surface area contributed by atoms with Gasteiger partial charge in [0.2, 0.25) is 0 Å². The fourth-order valence-corrected chi connectivity index (χ4v) is 2.48. The van der Waals surface area contributed by atoms with Crippen molar-refractivity contribution in [1.82, 2.24) is 4.98 Å². The van der Waals surface area contributed by atoms with Crippen LogP contribution in [0.1, 0.15) is 19.6 Å². The highest BCUT2D eigenvalue weighted by atomic mass is 32.1. The van der Waals surface area contributed by atoms with E-state index in [1.807, 2.05) is 12.3 Å². The van der Waals surface area contributed by atoms with Gasteiger partial charge in [-0.1, -0.05) is 0 Å². The van der Waals surface area contributed by atoms with Crippen LogP contribution in [0, 0.1) is 6.92 Å². The van der Waals surface area contributed by atoms with Gasteiger partial charge in [0.05, 0.1) is 0 Å². The number of aromatic nitrogens is 1. The lowest BCUT2D eigenvalue weighted by Crippen LogP contribution is -2.02. The van der Waals surface area contributed by atoms with Crippen LogP contribution in [-0.2, 0) is 11.3 Å². The third kappa shape index (κ3) is 2.40. The highest BCUT2D eigenvalue weighted by molar-refractivity contribution is 7.14. The predicted octanol–water partition coefficient (Wildman–Crippen LogP) is 2.45. The molecule has 0 saturated carbocycles. The zero-order chi connectivity index (χ0) is 11.5. The Kier molecular flexibility index (Phi) is 3.21. The summed E-state index contributed by atoms with van der Waals surface area (Å²) < 4.78 is 5.10. The molecule has 0 aliphatic heterocycles. The molecule has 0 aromatic carbocycles. The topological polar surface area (TPSA) is 65.2 Å². The maximum atomic E-state index is 11.6. The summed E-state index contributed by atoms with van der Waals surface area (Å²) in [4.78, 5) is 17.1. The number of rotatable bonds is 3. The molecule has 0 fully saturated rings. The van der Waals surface area contributed by atoms with Crippen LogP contribution in [0.2, 0.25) is 0 Å². The predicted molar refractivity (Wildman–Crippen MR) is 64.7 cm³/mol. The molecular formula is C10H10N2O2S2. The molecule has 0 unspecified atom stereocenters. The van der Waals surface area contributed by atoms with Crippen molar-refractivity contribution in [2.75, 3.05) is 5.73 Å². The fourth-order valence-electron chi connectivity index (χ4n) is 1.12. The summed E-state index contributed by atoms with van der Waals surface area (Å²) in [6.45, 7) is 2.09. The molecule has 16 heavy (non-hydrogen) atoms. The van der Waals surface area contributed by atoms with Gasteiger partial charge in [0, 0.05) is 22.1 Å². The van der Waals surface area contributed by atoms with Crippen LogP contribution in [0.25, 0.3) is 0 Å². The third-order valence-electron chi connectivity index (χ3n) is 1.97. The van der Waals surface area contributed by atoms with Crippen molar-refractivity contribution in [2.24, 2.45) is 0 Å². The van der Waals surface area contributed by atoms with E-state index in [2.05, 4.69) is 4.98 Å². The van der Waals surface area contributed by atoms with Crippen molar-refractivity contribution >= 4 is 34.3 Å². The molecule has 2 aromatic heterocycles. The zero-order valence-corrected chi connectivity index (χ0v) is 10.2. The molecule has 0 aliphatic carbocycles. The number of carbonyl (C=O) groups excluding carboxylic acids is 1. The smallest absolute Gasteiger partial charge is 0.348 e. The normalized spacial score (nSPS) is 10.3. The quantitative estimate of drug-likeness (QED) is 0.854. The fraction of sp³-hybridized carbons (Fsp3) is 0.200. The number of thiophene rings is 1. The number of nitrogen functional groups attached to an aromatic ring is 1. The average Bonchev–Trinajstić information content (AvgIpc) is 2.86. The standard InChI is InChI=1S/C10H10N2O2S2/c1-6-7(11)4-8(16-6)10(13)14-5-9-12-2-3-15-9/h2-4H,5,11H2,1H3. The first kappa shape index (κ1) is 11.1. The molecule has 0 spiro atoms. The van der Waals surface area contributed by atoms with Crippen LogP contribution in [-0.4, -0.2) is 11.0 Å². The maximum Gasteiger partial charge on any atom is 0.348 e. The van der Waals surface area contributed by atoms with Gasteiger partial charge in [-0.2, -0.15) is 0 Å². The Morgan fingerprint density at radius 3 is 3.00 bits per heavy atom. The average molecular weight is 254 g/mol. The van der Waals surface area contributed by atoms with E-state index in [-0.39, 0.29) is 12.6 Å². The van der Waals surface area contributed by atoms with Crippen LogP contribution < -0.4 is 5.73 Å². The molecule has 0 amide bonds. The van der Waals surface area contributed by atoms with Gasteiger partial charge in [0.15, 0.2) is 0 Å². The number of esters is 1. The Hall–Kier alpha value is -1.40.